The van der Waals surface area contributed by atoms with E-state index < -0.39 is 0 Å². The Kier molecular flexibility index (Phi) is 4.72. The number of hydrogen-bond acceptors (Lipinski definition) is 3. The highest BCUT2D eigenvalue weighted by molar-refractivity contribution is 5.36. The van der Waals surface area contributed by atoms with Crippen molar-refractivity contribution in [3.05, 3.63) is 42.6 Å². The molecular formula is C15H20N3O+. The van der Waals surface area contributed by atoms with Crippen molar-refractivity contribution in [1.82, 2.24) is 5.10 Å². The lowest BCUT2D eigenvalue weighted by Crippen LogP contribution is -2.37. The fourth-order valence-corrected chi connectivity index (χ4v) is 1.82. The van der Waals surface area contributed by atoms with Crippen LogP contribution in [0.4, 0.5) is 5.69 Å². The van der Waals surface area contributed by atoms with Gasteiger partial charge in [0, 0.05) is 17.2 Å². The third-order valence-electron chi connectivity index (χ3n) is 2.82. The predicted octanol–water partition coefficient (Wildman–Crippen LogP) is 2.51. The van der Waals surface area contributed by atoms with Gasteiger partial charge in [-0.15, -0.1) is 0 Å². The molecule has 0 unspecified atom stereocenters. The lowest BCUT2D eigenvalue weighted by Gasteiger charge is -2.04. The number of nitrogen functional groups attached to an aromatic ring is 1. The summed E-state index contributed by atoms with van der Waals surface area (Å²) in [4.78, 5) is 0. The summed E-state index contributed by atoms with van der Waals surface area (Å²) in [5, 5.41) is 4.31. The SMILES string of the molecule is CCCCCOc1cc(N)cn[n+]1-c1ccccc1. The highest BCUT2D eigenvalue weighted by Gasteiger charge is 2.17. The van der Waals surface area contributed by atoms with Gasteiger partial charge in [0.05, 0.1) is 18.4 Å². The van der Waals surface area contributed by atoms with Crippen molar-refractivity contribution in [1.29, 1.82) is 0 Å². The van der Waals surface area contributed by atoms with Crippen LogP contribution in [0.3, 0.4) is 0 Å². The van der Waals surface area contributed by atoms with Gasteiger partial charge in [-0.25, -0.2) is 0 Å². The first-order valence-electron chi connectivity index (χ1n) is 6.67. The molecule has 0 saturated heterocycles. The quantitative estimate of drug-likeness (QED) is 0.640. The molecule has 2 N–H and O–H groups in total. The summed E-state index contributed by atoms with van der Waals surface area (Å²) in [6.45, 7) is 2.86. The van der Waals surface area contributed by atoms with Crippen LogP contribution in [0.5, 0.6) is 5.88 Å². The van der Waals surface area contributed by atoms with Crippen molar-refractivity contribution in [2.75, 3.05) is 12.3 Å². The summed E-state index contributed by atoms with van der Waals surface area (Å²) in [7, 11) is 0. The third-order valence-corrected chi connectivity index (χ3v) is 2.82. The molecule has 0 saturated carbocycles. The number of rotatable bonds is 6. The zero-order valence-corrected chi connectivity index (χ0v) is 11.2. The molecule has 1 aromatic carbocycles. The molecule has 4 nitrogen and oxygen atoms in total. The summed E-state index contributed by atoms with van der Waals surface area (Å²) in [5.74, 6) is 0.683. The fourth-order valence-electron chi connectivity index (χ4n) is 1.82. The summed E-state index contributed by atoms with van der Waals surface area (Å²) < 4.78 is 7.56. The van der Waals surface area contributed by atoms with Gasteiger partial charge < -0.3 is 10.5 Å². The Hall–Kier alpha value is -2.10. The van der Waals surface area contributed by atoms with Crippen LogP contribution in [0.2, 0.25) is 0 Å². The molecule has 0 aliphatic rings. The zero-order valence-electron chi connectivity index (χ0n) is 11.2. The van der Waals surface area contributed by atoms with E-state index >= 15 is 0 Å². The van der Waals surface area contributed by atoms with E-state index in [2.05, 4.69) is 12.0 Å². The first-order chi connectivity index (χ1) is 9.31. The average molecular weight is 258 g/mol. The van der Waals surface area contributed by atoms with Crippen molar-refractivity contribution in [3.8, 4) is 11.6 Å². The molecule has 0 spiro atoms. The van der Waals surface area contributed by atoms with Crippen LogP contribution >= 0.6 is 0 Å². The summed E-state index contributed by atoms with van der Waals surface area (Å²) in [6, 6.07) is 11.7. The first-order valence-corrected chi connectivity index (χ1v) is 6.67. The van der Waals surface area contributed by atoms with Gasteiger partial charge in [-0.2, -0.15) is 0 Å². The zero-order chi connectivity index (χ0) is 13.5. The molecule has 0 radical (unpaired) electrons. The highest BCUT2D eigenvalue weighted by Crippen LogP contribution is 2.11. The van der Waals surface area contributed by atoms with Gasteiger partial charge in [-0.05, 0) is 11.1 Å². The van der Waals surface area contributed by atoms with E-state index in [1.165, 1.54) is 12.8 Å². The maximum atomic E-state index is 5.79. The lowest BCUT2D eigenvalue weighted by molar-refractivity contribution is -0.665. The molecule has 2 aromatic rings. The molecule has 2 rings (SSSR count). The van der Waals surface area contributed by atoms with Gasteiger partial charge in [0.2, 0.25) is 5.69 Å². The van der Waals surface area contributed by atoms with Crippen molar-refractivity contribution in [2.45, 2.75) is 26.2 Å². The van der Waals surface area contributed by atoms with Gasteiger partial charge in [0.15, 0.2) is 0 Å². The number of benzene rings is 1. The molecule has 1 aromatic heterocycles. The Labute approximate surface area is 113 Å². The summed E-state index contributed by atoms with van der Waals surface area (Å²) in [6.07, 6.45) is 5.02. The number of anilines is 1. The van der Waals surface area contributed by atoms with E-state index in [1.54, 1.807) is 10.9 Å². The summed E-state index contributed by atoms with van der Waals surface area (Å²) in [5.41, 5.74) is 7.35. The van der Waals surface area contributed by atoms with Crippen LogP contribution < -0.4 is 15.2 Å². The Morgan fingerprint density at radius 3 is 2.74 bits per heavy atom. The van der Waals surface area contributed by atoms with Crippen molar-refractivity contribution < 1.29 is 9.42 Å². The van der Waals surface area contributed by atoms with Crippen LogP contribution in [0.25, 0.3) is 5.69 Å². The molecule has 0 atom stereocenters. The number of nitrogens with two attached hydrogens (primary N) is 1. The number of aromatic nitrogens is 2. The van der Waals surface area contributed by atoms with Crippen LogP contribution in [0.15, 0.2) is 42.6 Å². The maximum absolute atomic E-state index is 5.79. The minimum absolute atomic E-state index is 0.609. The van der Waals surface area contributed by atoms with E-state index in [9.17, 15) is 0 Å². The third kappa shape index (κ3) is 3.68. The number of ether oxygens (including phenoxy) is 1. The largest absolute Gasteiger partial charge is 0.442 e. The van der Waals surface area contributed by atoms with E-state index in [0.717, 1.165) is 12.1 Å². The molecule has 0 bridgehead atoms. The second-order valence-electron chi connectivity index (χ2n) is 4.43. The van der Waals surface area contributed by atoms with E-state index in [0.29, 0.717) is 18.2 Å². The standard InChI is InChI=1S/C15H19N3O/c1-2-3-7-10-19-15-11-13(16)12-17-18(15)14-8-5-4-6-9-14/h4-6,8-9,11-12,16H,2-3,7,10H2,1H3/p+1. The Morgan fingerprint density at radius 2 is 2.00 bits per heavy atom. The fraction of sp³-hybridized carbons (Fsp3) is 0.333. The number of nitrogens with zero attached hydrogens (tertiary/aromatic N) is 2. The average Bonchev–Trinajstić information content (AvgIpc) is 2.45. The van der Waals surface area contributed by atoms with Crippen LogP contribution in [-0.2, 0) is 0 Å². The van der Waals surface area contributed by atoms with Gasteiger partial charge in [0.1, 0.15) is 6.20 Å². The molecule has 19 heavy (non-hydrogen) atoms. The van der Waals surface area contributed by atoms with E-state index in [4.69, 9.17) is 10.5 Å². The highest BCUT2D eigenvalue weighted by atomic mass is 16.5. The molecule has 0 amide bonds. The van der Waals surface area contributed by atoms with Gasteiger partial charge in [-0.1, -0.05) is 38.0 Å². The van der Waals surface area contributed by atoms with Gasteiger partial charge in [-0.3, -0.25) is 0 Å². The second kappa shape index (κ2) is 6.73. The van der Waals surface area contributed by atoms with E-state index in [-0.39, 0.29) is 0 Å². The maximum Gasteiger partial charge on any atom is 0.401 e. The molecule has 1 heterocycles. The molecule has 100 valence electrons. The molecule has 0 aliphatic heterocycles. The first kappa shape index (κ1) is 13.3. The van der Waals surface area contributed by atoms with Crippen molar-refractivity contribution in [3.63, 3.8) is 0 Å². The molecular weight excluding hydrogens is 238 g/mol. The molecule has 0 aliphatic carbocycles. The number of unbranched alkanes of at least 4 members (excludes halogenated alkanes) is 2. The van der Waals surface area contributed by atoms with Gasteiger partial charge in [0.25, 0.3) is 0 Å². The van der Waals surface area contributed by atoms with Gasteiger partial charge >= 0.3 is 5.88 Å². The van der Waals surface area contributed by atoms with Crippen molar-refractivity contribution >= 4 is 5.69 Å². The number of para-hydroxylation sites is 1. The van der Waals surface area contributed by atoms with Crippen LogP contribution in [0.1, 0.15) is 26.2 Å². The lowest BCUT2D eigenvalue weighted by atomic mass is 10.3. The summed E-state index contributed by atoms with van der Waals surface area (Å²) >= 11 is 0. The molecule has 4 heteroatoms. The number of hydrogen-bond donors (Lipinski definition) is 1. The van der Waals surface area contributed by atoms with Crippen LogP contribution in [0, 0.1) is 0 Å². The second-order valence-corrected chi connectivity index (χ2v) is 4.43. The van der Waals surface area contributed by atoms with Crippen molar-refractivity contribution in [2.24, 2.45) is 0 Å². The monoisotopic (exact) mass is 258 g/mol. The Bertz CT molecular complexity index is 514. The Balaban J connectivity index is 2.18. The Morgan fingerprint density at radius 1 is 1.21 bits per heavy atom. The van der Waals surface area contributed by atoms with E-state index in [1.807, 2.05) is 36.4 Å². The minimum atomic E-state index is 0.609. The molecule has 0 fully saturated rings. The smallest absolute Gasteiger partial charge is 0.401 e. The normalized spacial score (nSPS) is 10.4. The topological polar surface area (TPSA) is 52.0 Å². The van der Waals surface area contributed by atoms with Crippen LogP contribution in [-0.4, -0.2) is 11.7 Å². The minimum Gasteiger partial charge on any atom is -0.442 e. The predicted molar refractivity (Wildman–Crippen MR) is 75.2 cm³/mol.